The number of aliphatic hydroxyl groups is 1. The van der Waals surface area contributed by atoms with E-state index in [9.17, 15) is 4.79 Å². The fourth-order valence-electron chi connectivity index (χ4n) is 1.80. The van der Waals surface area contributed by atoms with Crippen molar-refractivity contribution in [3.8, 4) is 0 Å². The van der Waals surface area contributed by atoms with E-state index in [4.69, 9.17) is 9.52 Å². The number of rotatable bonds is 6. The van der Waals surface area contributed by atoms with Crippen molar-refractivity contribution in [1.82, 2.24) is 5.32 Å². The minimum Gasteiger partial charge on any atom is -0.459 e. The number of para-hydroxylation sites is 1. The van der Waals surface area contributed by atoms with Gasteiger partial charge < -0.3 is 14.8 Å². The van der Waals surface area contributed by atoms with E-state index < -0.39 is 0 Å². The van der Waals surface area contributed by atoms with Gasteiger partial charge in [0.1, 0.15) is 11.3 Å². The summed E-state index contributed by atoms with van der Waals surface area (Å²) in [5.41, 5.74) is 0.827. The third-order valence-corrected chi connectivity index (χ3v) is 3.66. The number of fused-ring (bicyclic) bond motifs is 1. The highest BCUT2D eigenvalue weighted by atomic mass is 32.2. The van der Waals surface area contributed by atoms with Crippen molar-refractivity contribution >= 4 is 28.6 Å². The van der Waals surface area contributed by atoms with Crippen LogP contribution in [-0.2, 0) is 4.79 Å². The van der Waals surface area contributed by atoms with Gasteiger partial charge in [-0.1, -0.05) is 18.2 Å². The maximum atomic E-state index is 11.7. The molecule has 1 amide bonds. The molecule has 2 aromatic rings. The van der Waals surface area contributed by atoms with Gasteiger partial charge in [0.25, 0.3) is 0 Å². The molecular formula is C14H17NO3S. The quantitative estimate of drug-likeness (QED) is 0.797. The number of benzene rings is 1. The van der Waals surface area contributed by atoms with Gasteiger partial charge in [0, 0.05) is 11.1 Å². The first-order chi connectivity index (χ1) is 9.20. The lowest BCUT2D eigenvalue weighted by Crippen LogP contribution is -2.28. The van der Waals surface area contributed by atoms with E-state index in [-0.39, 0.29) is 18.6 Å². The Morgan fingerprint density at radius 1 is 1.47 bits per heavy atom. The molecule has 5 heteroatoms. The van der Waals surface area contributed by atoms with Crippen molar-refractivity contribution < 1.29 is 14.3 Å². The molecule has 0 bridgehead atoms. The number of thioether (sulfide) groups is 1. The third kappa shape index (κ3) is 3.75. The molecule has 0 spiro atoms. The predicted molar refractivity (Wildman–Crippen MR) is 77.2 cm³/mol. The Hall–Kier alpha value is -1.46. The van der Waals surface area contributed by atoms with Crippen LogP contribution in [0.15, 0.2) is 34.7 Å². The Balaban J connectivity index is 1.95. The first kappa shape index (κ1) is 14.0. The molecule has 1 atom stereocenters. The Morgan fingerprint density at radius 3 is 3.00 bits per heavy atom. The number of aliphatic hydroxyl groups excluding tert-OH is 1. The van der Waals surface area contributed by atoms with Crippen LogP contribution >= 0.6 is 11.8 Å². The van der Waals surface area contributed by atoms with Gasteiger partial charge >= 0.3 is 0 Å². The number of hydrogen-bond acceptors (Lipinski definition) is 4. The minimum atomic E-state index is -0.158. The van der Waals surface area contributed by atoms with Gasteiger partial charge in [-0.15, -0.1) is 11.8 Å². The standard InChI is InChI=1S/C14H17NO3S/c1-10(15-14(17)9-19-7-6-16)13-8-11-4-2-3-5-12(11)18-13/h2-5,8,10,16H,6-7,9H2,1H3,(H,15,17)/t10-/m0/s1. The lowest BCUT2D eigenvalue weighted by Gasteiger charge is -2.10. The minimum absolute atomic E-state index is 0.0496. The summed E-state index contributed by atoms with van der Waals surface area (Å²) >= 11 is 1.41. The molecular weight excluding hydrogens is 262 g/mol. The number of amides is 1. The van der Waals surface area contributed by atoms with Crippen LogP contribution in [0.25, 0.3) is 11.0 Å². The highest BCUT2D eigenvalue weighted by Gasteiger charge is 2.13. The number of carbonyl (C=O) groups is 1. The molecule has 0 aliphatic rings. The van der Waals surface area contributed by atoms with Crippen LogP contribution in [0.1, 0.15) is 18.7 Å². The zero-order valence-corrected chi connectivity index (χ0v) is 11.6. The molecule has 102 valence electrons. The second-order valence-electron chi connectivity index (χ2n) is 4.25. The highest BCUT2D eigenvalue weighted by Crippen LogP contribution is 2.23. The van der Waals surface area contributed by atoms with E-state index in [1.165, 1.54) is 11.8 Å². The molecule has 1 heterocycles. The summed E-state index contributed by atoms with van der Waals surface area (Å²) in [5, 5.41) is 12.6. The first-order valence-electron chi connectivity index (χ1n) is 6.17. The second-order valence-corrected chi connectivity index (χ2v) is 5.36. The van der Waals surface area contributed by atoms with Crippen molar-refractivity contribution in [3.63, 3.8) is 0 Å². The Kier molecular flexibility index (Phi) is 4.87. The molecule has 1 aromatic carbocycles. The van der Waals surface area contributed by atoms with Gasteiger partial charge in [-0.2, -0.15) is 0 Å². The van der Waals surface area contributed by atoms with Crippen LogP contribution in [0.5, 0.6) is 0 Å². The second kappa shape index (κ2) is 6.63. The van der Waals surface area contributed by atoms with Crippen LogP contribution in [-0.4, -0.2) is 29.1 Å². The largest absolute Gasteiger partial charge is 0.459 e. The molecule has 0 saturated carbocycles. The number of carbonyl (C=O) groups excluding carboxylic acids is 1. The Morgan fingerprint density at radius 2 is 2.26 bits per heavy atom. The van der Waals surface area contributed by atoms with Crippen LogP contribution in [0.3, 0.4) is 0 Å². The average molecular weight is 279 g/mol. The maximum Gasteiger partial charge on any atom is 0.230 e. The molecule has 0 aliphatic carbocycles. The molecule has 2 N–H and O–H groups in total. The maximum absolute atomic E-state index is 11.7. The van der Waals surface area contributed by atoms with E-state index in [1.54, 1.807) is 0 Å². The summed E-state index contributed by atoms with van der Waals surface area (Å²) < 4.78 is 5.69. The molecule has 0 radical (unpaired) electrons. The fraction of sp³-hybridized carbons (Fsp3) is 0.357. The van der Waals surface area contributed by atoms with E-state index in [2.05, 4.69) is 5.32 Å². The van der Waals surface area contributed by atoms with E-state index >= 15 is 0 Å². The van der Waals surface area contributed by atoms with Crippen LogP contribution < -0.4 is 5.32 Å². The molecule has 1 aromatic heterocycles. The summed E-state index contributed by atoms with van der Waals surface area (Å²) in [6.45, 7) is 1.99. The van der Waals surface area contributed by atoms with Crippen molar-refractivity contribution in [2.75, 3.05) is 18.1 Å². The number of nitrogens with one attached hydrogen (secondary N) is 1. The first-order valence-corrected chi connectivity index (χ1v) is 7.32. The predicted octanol–water partition coefficient (Wildman–Crippen LogP) is 2.34. The van der Waals surface area contributed by atoms with E-state index in [1.807, 2.05) is 37.3 Å². The molecule has 0 aliphatic heterocycles. The average Bonchev–Trinajstić information content (AvgIpc) is 2.83. The summed E-state index contributed by atoms with van der Waals surface area (Å²) in [7, 11) is 0. The van der Waals surface area contributed by atoms with E-state index in [0.717, 1.165) is 16.7 Å². The normalized spacial score (nSPS) is 12.5. The summed E-state index contributed by atoms with van der Waals surface area (Å²) in [6.07, 6.45) is 0. The van der Waals surface area contributed by atoms with Gasteiger partial charge in [0.2, 0.25) is 5.91 Å². The lowest BCUT2D eigenvalue weighted by molar-refractivity contribution is -0.119. The molecule has 0 saturated heterocycles. The summed E-state index contributed by atoms with van der Waals surface area (Å²) in [4.78, 5) is 11.7. The van der Waals surface area contributed by atoms with Gasteiger partial charge in [-0.05, 0) is 19.1 Å². The van der Waals surface area contributed by atoms with Crippen molar-refractivity contribution in [2.45, 2.75) is 13.0 Å². The lowest BCUT2D eigenvalue weighted by atomic mass is 10.2. The van der Waals surface area contributed by atoms with Crippen molar-refractivity contribution in [2.24, 2.45) is 0 Å². The smallest absolute Gasteiger partial charge is 0.230 e. The Bertz CT molecular complexity index is 519. The highest BCUT2D eigenvalue weighted by molar-refractivity contribution is 7.99. The van der Waals surface area contributed by atoms with Gasteiger partial charge in [0.15, 0.2) is 0 Å². The molecule has 0 fully saturated rings. The summed E-state index contributed by atoms with van der Waals surface area (Å²) in [6, 6.07) is 9.55. The van der Waals surface area contributed by atoms with Crippen molar-refractivity contribution in [1.29, 1.82) is 0 Å². The molecule has 0 unspecified atom stereocenters. The molecule has 2 rings (SSSR count). The molecule has 19 heavy (non-hydrogen) atoms. The third-order valence-electron chi connectivity index (χ3n) is 2.72. The number of hydrogen-bond donors (Lipinski definition) is 2. The van der Waals surface area contributed by atoms with Crippen LogP contribution in [0.2, 0.25) is 0 Å². The SMILES string of the molecule is C[C@H](NC(=O)CSCCO)c1cc2ccccc2o1. The zero-order valence-electron chi connectivity index (χ0n) is 10.8. The van der Waals surface area contributed by atoms with Gasteiger partial charge in [-0.25, -0.2) is 0 Å². The van der Waals surface area contributed by atoms with Gasteiger partial charge in [-0.3, -0.25) is 4.79 Å². The monoisotopic (exact) mass is 279 g/mol. The van der Waals surface area contributed by atoms with Crippen molar-refractivity contribution in [3.05, 3.63) is 36.1 Å². The van der Waals surface area contributed by atoms with E-state index in [0.29, 0.717) is 11.5 Å². The number of furan rings is 1. The Labute approximate surface area is 116 Å². The molecule has 4 nitrogen and oxygen atoms in total. The topological polar surface area (TPSA) is 62.5 Å². The summed E-state index contributed by atoms with van der Waals surface area (Å²) in [5.74, 6) is 1.63. The van der Waals surface area contributed by atoms with Gasteiger partial charge in [0.05, 0.1) is 18.4 Å². The fourth-order valence-corrected chi connectivity index (χ4v) is 2.34. The van der Waals surface area contributed by atoms with Crippen LogP contribution in [0.4, 0.5) is 0 Å². The zero-order chi connectivity index (χ0) is 13.7. The van der Waals surface area contributed by atoms with Crippen LogP contribution in [0, 0.1) is 0 Å².